The van der Waals surface area contributed by atoms with E-state index in [2.05, 4.69) is 0 Å². The molecule has 1 heterocycles. The van der Waals surface area contributed by atoms with Crippen molar-refractivity contribution in [3.63, 3.8) is 0 Å². The molecular weight excluding hydrogens is 208 g/mol. The quantitative estimate of drug-likeness (QED) is 0.247. The number of hydrogen-bond donors (Lipinski definition) is 5. The SMILES string of the molecule is C[C@@H]1OC(N(O)C(N)=O)[C@H](O)[C@H](O)[C@H]1O. The lowest BCUT2D eigenvalue weighted by Gasteiger charge is -2.41. The monoisotopic (exact) mass is 222 g/mol. The first-order valence-corrected chi connectivity index (χ1v) is 4.33. The molecule has 1 aliphatic rings. The van der Waals surface area contributed by atoms with E-state index >= 15 is 0 Å². The zero-order valence-electron chi connectivity index (χ0n) is 8.02. The van der Waals surface area contributed by atoms with Crippen LogP contribution in [-0.2, 0) is 4.74 Å². The van der Waals surface area contributed by atoms with Gasteiger partial charge in [-0.3, -0.25) is 5.21 Å². The summed E-state index contributed by atoms with van der Waals surface area (Å²) in [6, 6.07) is -1.23. The Morgan fingerprint density at radius 2 is 1.80 bits per heavy atom. The highest BCUT2D eigenvalue weighted by atomic mass is 16.6. The average molecular weight is 222 g/mol. The maximum Gasteiger partial charge on any atom is 0.341 e. The summed E-state index contributed by atoms with van der Waals surface area (Å²) in [5.74, 6) is 0. The van der Waals surface area contributed by atoms with Gasteiger partial charge in [0.15, 0.2) is 6.23 Å². The first kappa shape index (κ1) is 12.1. The maximum atomic E-state index is 10.6. The number of aliphatic hydroxyl groups excluding tert-OH is 3. The van der Waals surface area contributed by atoms with Gasteiger partial charge in [0, 0.05) is 0 Å². The number of ether oxygens (including phenoxy) is 1. The van der Waals surface area contributed by atoms with E-state index < -0.39 is 36.7 Å². The molecule has 0 aliphatic carbocycles. The summed E-state index contributed by atoms with van der Waals surface area (Å²) in [6.07, 6.45) is -6.78. The summed E-state index contributed by atoms with van der Waals surface area (Å²) in [5, 5.41) is 37.1. The van der Waals surface area contributed by atoms with Crippen molar-refractivity contribution in [3.05, 3.63) is 0 Å². The van der Waals surface area contributed by atoms with Gasteiger partial charge in [0.1, 0.15) is 18.3 Å². The molecule has 1 aliphatic heterocycles. The van der Waals surface area contributed by atoms with E-state index in [9.17, 15) is 20.1 Å². The molecule has 0 spiro atoms. The molecule has 0 saturated carbocycles. The Hall–Kier alpha value is -0.930. The normalized spacial score (nSPS) is 41.3. The zero-order valence-corrected chi connectivity index (χ0v) is 8.02. The van der Waals surface area contributed by atoms with Gasteiger partial charge >= 0.3 is 6.03 Å². The van der Waals surface area contributed by atoms with E-state index in [1.54, 1.807) is 0 Å². The molecule has 88 valence electrons. The molecule has 0 aromatic rings. The van der Waals surface area contributed by atoms with Crippen molar-refractivity contribution < 1.29 is 30.1 Å². The predicted octanol–water partition coefficient (Wildman–Crippen LogP) is -2.42. The standard InChI is InChI=1S/C7H14N2O6/c1-2-3(10)4(11)5(12)6(15-2)9(14)7(8)13/h2-6,10-12,14H,1H3,(H2,8,13)/t2-,3-,4+,5+,6?/m0/s1. The third-order valence-corrected chi connectivity index (χ3v) is 2.29. The Morgan fingerprint density at radius 3 is 2.27 bits per heavy atom. The molecule has 1 fully saturated rings. The summed E-state index contributed by atoms with van der Waals surface area (Å²) in [6.45, 7) is 1.42. The Morgan fingerprint density at radius 1 is 1.27 bits per heavy atom. The Balaban J connectivity index is 2.78. The van der Waals surface area contributed by atoms with Crippen LogP contribution in [0.1, 0.15) is 6.92 Å². The number of carbonyl (C=O) groups is 1. The summed E-state index contributed by atoms with van der Waals surface area (Å²) in [5.41, 5.74) is 4.76. The lowest BCUT2D eigenvalue weighted by molar-refractivity contribution is -0.293. The zero-order chi connectivity index (χ0) is 11.7. The second-order valence-electron chi connectivity index (χ2n) is 3.39. The van der Waals surface area contributed by atoms with E-state index in [-0.39, 0.29) is 5.06 Å². The number of primary amides is 1. The Bertz CT molecular complexity index is 250. The fraction of sp³-hybridized carbons (Fsp3) is 0.857. The van der Waals surface area contributed by atoms with Gasteiger partial charge in [0.05, 0.1) is 6.10 Å². The van der Waals surface area contributed by atoms with E-state index in [4.69, 9.17) is 15.7 Å². The number of nitrogens with two attached hydrogens (primary N) is 1. The summed E-state index contributed by atoms with van der Waals surface area (Å²) in [4.78, 5) is 10.6. The molecule has 1 unspecified atom stereocenters. The number of urea groups is 1. The molecule has 8 heteroatoms. The third kappa shape index (κ3) is 2.19. The van der Waals surface area contributed by atoms with Gasteiger partial charge in [-0.2, -0.15) is 5.06 Å². The second-order valence-corrected chi connectivity index (χ2v) is 3.39. The summed E-state index contributed by atoms with van der Waals surface area (Å²) in [7, 11) is 0. The van der Waals surface area contributed by atoms with Crippen LogP contribution in [0, 0.1) is 0 Å². The number of nitrogens with zero attached hydrogens (tertiary/aromatic N) is 1. The molecule has 0 bridgehead atoms. The Labute approximate surface area is 85.4 Å². The van der Waals surface area contributed by atoms with E-state index in [1.165, 1.54) is 6.92 Å². The summed E-state index contributed by atoms with van der Waals surface area (Å²) < 4.78 is 4.92. The van der Waals surface area contributed by atoms with Crippen molar-refractivity contribution in [2.75, 3.05) is 0 Å². The van der Waals surface area contributed by atoms with Crippen molar-refractivity contribution >= 4 is 6.03 Å². The van der Waals surface area contributed by atoms with Gasteiger partial charge < -0.3 is 25.8 Å². The number of amides is 2. The van der Waals surface area contributed by atoms with Crippen LogP contribution in [0.4, 0.5) is 4.79 Å². The van der Waals surface area contributed by atoms with Gasteiger partial charge in [0.25, 0.3) is 0 Å². The van der Waals surface area contributed by atoms with Crippen LogP contribution < -0.4 is 5.73 Å². The molecule has 0 radical (unpaired) electrons. The van der Waals surface area contributed by atoms with Gasteiger partial charge in [-0.15, -0.1) is 0 Å². The van der Waals surface area contributed by atoms with Gasteiger partial charge in [-0.1, -0.05) is 0 Å². The number of carbonyl (C=O) groups excluding carboxylic acids is 1. The largest absolute Gasteiger partial charge is 0.388 e. The lowest BCUT2D eigenvalue weighted by atomic mass is 9.99. The Kier molecular flexibility index (Phi) is 3.47. The van der Waals surface area contributed by atoms with Gasteiger partial charge in [-0.05, 0) is 6.92 Å². The van der Waals surface area contributed by atoms with Crippen LogP contribution in [0.2, 0.25) is 0 Å². The first-order chi connectivity index (χ1) is 6.86. The molecule has 1 saturated heterocycles. The molecule has 15 heavy (non-hydrogen) atoms. The fourth-order valence-corrected chi connectivity index (χ4v) is 1.36. The molecule has 1 rings (SSSR count). The minimum Gasteiger partial charge on any atom is -0.388 e. The predicted molar refractivity (Wildman–Crippen MR) is 45.6 cm³/mol. The molecular formula is C7H14N2O6. The highest BCUT2D eigenvalue weighted by Gasteiger charge is 2.45. The van der Waals surface area contributed by atoms with Crippen molar-refractivity contribution in [3.8, 4) is 0 Å². The van der Waals surface area contributed by atoms with Crippen LogP contribution in [0.3, 0.4) is 0 Å². The van der Waals surface area contributed by atoms with Crippen molar-refractivity contribution in [1.29, 1.82) is 0 Å². The van der Waals surface area contributed by atoms with Crippen LogP contribution in [0.15, 0.2) is 0 Å². The van der Waals surface area contributed by atoms with Crippen molar-refractivity contribution in [2.45, 2.75) is 37.6 Å². The first-order valence-electron chi connectivity index (χ1n) is 4.33. The van der Waals surface area contributed by atoms with Gasteiger partial charge in [0.2, 0.25) is 0 Å². The molecule has 0 aromatic heterocycles. The average Bonchev–Trinajstić information content (AvgIpc) is 2.19. The minimum atomic E-state index is -1.63. The van der Waals surface area contributed by atoms with Crippen LogP contribution in [0.5, 0.6) is 0 Å². The van der Waals surface area contributed by atoms with Crippen LogP contribution >= 0.6 is 0 Å². The maximum absolute atomic E-state index is 10.6. The molecule has 6 N–H and O–H groups in total. The second kappa shape index (κ2) is 4.29. The molecule has 8 nitrogen and oxygen atoms in total. The van der Waals surface area contributed by atoms with E-state index in [0.717, 1.165) is 0 Å². The van der Waals surface area contributed by atoms with Gasteiger partial charge in [-0.25, -0.2) is 4.79 Å². The number of hydrogen-bond acceptors (Lipinski definition) is 6. The number of hydroxylamine groups is 2. The van der Waals surface area contributed by atoms with Crippen LogP contribution in [-0.4, -0.2) is 62.3 Å². The van der Waals surface area contributed by atoms with E-state index in [1.807, 2.05) is 0 Å². The minimum absolute atomic E-state index is 0.0315. The smallest absolute Gasteiger partial charge is 0.341 e. The molecule has 2 amide bonds. The van der Waals surface area contributed by atoms with Crippen molar-refractivity contribution in [1.82, 2.24) is 5.06 Å². The number of rotatable bonds is 1. The van der Waals surface area contributed by atoms with Crippen molar-refractivity contribution in [2.24, 2.45) is 5.73 Å². The summed E-state index contributed by atoms with van der Waals surface area (Å²) >= 11 is 0. The van der Waals surface area contributed by atoms with E-state index in [0.29, 0.717) is 0 Å². The molecule has 0 aromatic carbocycles. The third-order valence-electron chi connectivity index (χ3n) is 2.29. The highest BCUT2D eigenvalue weighted by molar-refractivity contribution is 5.70. The highest BCUT2D eigenvalue weighted by Crippen LogP contribution is 2.22. The van der Waals surface area contributed by atoms with Crippen LogP contribution in [0.25, 0.3) is 0 Å². The fourth-order valence-electron chi connectivity index (χ4n) is 1.36. The topological polar surface area (TPSA) is 136 Å². The molecule has 5 atom stereocenters. The number of aliphatic hydroxyl groups is 3. The lowest BCUT2D eigenvalue weighted by Crippen LogP contribution is -2.62.